The average Bonchev–Trinajstić information content (AvgIpc) is 2.09. The number of para-hydroxylation sites is 1. The van der Waals surface area contributed by atoms with Gasteiger partial charge in [-0.25, -0.2) is 5.32 Å². The van der Waals surface area contributed by atoms with Crippen LogP contribution in [0.5, 0.6) is 0 Å². The van der Waals surface area contributed by atoms with E-state index in [1.165, 1.54) is 0 Å². The van der Waals surface area contributed by atoms with Gasteiger partial charge in [-0.05, 0) is 18.6 Å². The Morgan fingerprint density at radius 3 is 2.85 bits per heavy atom. The Hall–Kier alpha value is -1.84. The fourth-order valence-corrected chi connectivity index (χ4v) is 1.24. The van der Waals surface area contributed by atoms with Crippen LogP contribution in [0.2, 0.25) is 0 Å². The lowest BCUT2D eigenvalue weighted by molar-refractivity contribution is -0.135. The Bertz CT molecular complexity index is 399. The third-order valence-electron chi connectivity index (χ3n) is 1.89. The maximum atomic E-state index is 10.9. The second-order valence-corrected chi connectivity index (χ2v) is 2.84. The van der Waals surface area contributed by atoms with Gasteiger partial charge in [0.2, 0.25) is 0 Å². The smallest absolute Gasteiger partial charge is 0.316 e. The SMILES string of the molecule is Cc1cccc2c1[N]C(=O)C(=O)N2. The average molecular weight is 175 g/mol. The molecule has 0 aromatic heterocycles. The zero-order valence-corrected chi connectivity index (χ0v) is 7.00. The third-order valence-corrected chi connectivity index (χ3v) is 1.89. The van der Waals surface area contributed by atoms with Crippen LogP contribution in [0.1, 0.15) is 5.56 Å². The van der Waals surface area contributed by atoms with Crippen molar-refractivity contribution in [3.63, 3.8) is 0 Å². The molecule has 1 aromatic rings. The van der Waals surface area contributed by atoms with E-state index in [0.717, 1.165) is 5.56 Å². The number of nitrogens with one attached hydrogen (secondary N) is 1. The van der Waals surface area contributed by atoms with Gasteiger partial charge in [0.25, 0.3) is 0 Å². The number of aryl methyl sites for hydroxylation is 1. The summed E-state index contributed by atoms with van der Waals surface area (Å²) in [6.07, 6.45) is 0. The quantitative estimate of drug-likeness (QED) is 0.590. The molecule has 1 aliphatic rings. The molecule has 1 radical (unpaired) electrons. The molecule has 0 unspecified atom stereocenters. The van der Waals surface area contributed by atoms with E-state index in [-0.39, 0.29) is 0 Å². The molecule has 4 nitrogen and oxygen atoms in total. The van der Waals surface area contributed by atoms with Crippen molar-refractivity contribution in [2.24, 2.45) is 0 Å². The summed E-state index contributed by atoms with van der Waals surface area (Å²) in [5.74, 6) is -1.40. The van der Waals surface area contributed by atoms with E-state index >= 15 is 0 Å². The molecule has 13 heavy (non-hydrogen) atoms. The van der Waals surface area contributed by atoms with Gasteiger partial charge in [0.1, 0.15) is 0 Å². The molecule has 2 rings (SSSR count). The fraction of sp³-hybridized carbons (Fsp3) is 0.111. The highest BCUT2D eigenvalue weighted by molar-refractivity contribution is 6.42. The summed E-state index contributed by atoms with van der Waals surface area (Å²) < 4.78 is 0. The molecule has 0 aliphatic carbocycles. The van der Waals surface area contributed by atoms with E-state index < -0.39 is 11.8 Å². The zero-order valence-electron chi connectivity index (χ0n) is 7.00. The van der Waals surface area contributed by atoms with Crippen molar-refractivity contribution in [3.8, 4) is 0 Å². The number of fused-ring (bicyclic) bond motifs is 1. The Kier molecular flexibility index (Phi) is 1.55. The van der Waals surface area contributed by atoms with E-state index in [1.807, 2.05) is 13.0 Å². The standard InChI is InChI=1S/C9H7N2O2/c1-5-3-2-4-6-7(5)11-9(13)8(12)10-6/h2-4H,1H3,(H,10,12). The van der Waals surface area contributed by atoms with Crippen LogP contribution >= 0.6 is 0 Å². The summed E-state index contributed by atoms with van der Waals surface area (Å²) in [4.78, 5) is 21.8. The number of hydrogen-bond donors (Lipinski definition) is 1. The van der Waals surface area contributed by atoms with Gasteiger partial charge in [0, 0.05) is 0 Å². The first-order valence-corrected chi connectivity index (χ1v) is 3.85. The molecular weight excluding hydrogens is 168 g/mol. The molecule has 2 amide bonds. The van der Waals surface area contributed by atoms with Crippen molar-refractivity contribution in [3.05, 3.63) is 23.8 Å². The summed E-state index contributed by atoms with van der Waals surface area (Å²) in [6.45, 7) is 1.84. The highest BCUT2D eigenvalue weighted by atomic mass is 16.2. The molecule has 0 spiro atoms. The second-order valence-electron chi connectivity index (χ2n) is 2.84. The number of hydrogen-bond acceptors (Lipinski definition) is 2. The Morgan fingerprint density at radius 1 is 1.31 bits per heavy atom. The first-order chi connectivity index (χ1) is 6.18. The van der Waals surface area contributed by atoms with Crippen molar-refractivity contribution < 1.29 is 9.59 Å². The summed E-state index contributed by atoms with van der Waals surface area (Å²) in [5, 5.41) is 6.14. The van der Waals surface area contributed by atoms with Gasteiger partial charge in [-0.3, -0.25) is 9.59 Å². The molecule has 0 bridgehead atoms. The van der Waals surface area contributed by atoms with Crippen LogP contribution in [0, 0.1) is 6.92 Å². The van der Waals surface area contributed by atoms with Crippen LogP contribution in [0.15, 0.2) is 18.2 Å². The van der Waals surface area contributed by atoms with Crippen LogP contribution in [0.4, 0.5) is 11.4 Å². The van der Waals surface area contributed by atoms with Crippen molar-refractivity contribution >= 4 is 23.2 Å². The number of carbonyl (C=O) groups excluding carboxylic acids is 2. The molecule has 0 saturated heterocycles. The molecular formula is C9H7N2O2. The lowest BCUT2D eigenvalue weighted by Gasteiger charge is -2.16. The van der Waals surface area contributed by atoms with Crippen LogP contribution < -0.4 is 10.6 Å². The van der Waals surface area contributed by atoms with Crippen molar-refractivity contribution in [1.29, 1.82) is 0 Å². The highest BCUT2D eigenvalue weighted by Crippen LogP contribution is 2.28. The number of anilines is 1. The normalized spacial score (nSPS) is 14.5. The molecule has 1 heterocycles. The number of rotatable bonds is 0. The predicted molar refractivity (Wildman–Crippen MR) is 46.6 cm³/mol. The Labute approximate surface area is 74.9 Å². The monoisotopic (exact) mass is 175 g/mol. The topological polar surface area (TPSA) is 60.3 Å². The minimum Gasteiger partial charge on any atom is -0.316 e. The van der Waals surface area contributed by atoms with Gasteiger partial charge in [-0.1, -0.05) is 12.1 Å². The zero-order chi connectivity index (χ0) is 9.42. The highest BCUT2D eigenvalue weighted by Gasteiger charge is 2.25. The van der Waals surface area contributed by atoms with Gasteiger partial charge in [0.05, 0.1) is 11.4 Å². The minimum atomic E-state index is -0.734. The lowest BCUT2D eigenvalue weighted by atomic mass is 10.1. The predicted octanol–water partition coefficient (Wildman–Crippen LogP) is 0.710. The maximum Gasteiger partial charge on any atom is 0.335 e. The number of amides is 2. The first kappa shape index (κ1) is 7.79. The summed E-state index contributed by atoms with van der Waals surface area (Å²) >= 11 is 0. The number of nitrogens with zero attached hydrogens (tertiary/aromatic N) is 1. The second kappa shape index (κ2) is 2.58. The molecule has 1 aromatic carbocycles. The maximum absolute atomic E-state index is 10.9. The molecule has 1 N–H and O–H groups in total. The van der Waals surface area contributed by atoms with Crippen LogP contribution in [-0.4, -0.2) is 11.8 Å². The largest absolute Gasteiger partial charge is 0.335 e. The van der Waals surface area contributed by atoms with Gasteiger partial charge < -0.3 is 5.32 Å². The minimum absolute atomic E-state index is 0.562. The molecule has 4 heteroatoms. The van der Waals surface area contributed by atoms with E-state index in [0.29, 0.717) is 11.4 Å². The third kappa shape index (κ3) is 1.16. The molecule has 1 aliphatic heterocycles. The van der Waals surface area contributed by atoms with E-state index in [9.17, 15) is 9.59 Å². The summed E-state index contributed by atoms with van der Waals surface area (Å²) in [5.41, 5.74) is 2.04. The first-order valence-electron chi connectivity index (χ1n) is 3.85. The van der Waals surface area contributed by atoms with Crippen LogP contribution in [0.25, 0.3) is 0 Å². The van der Waals surface area contributed by atoms with E-state index in [1.54, 1.807) is 12.1 Å². The molecule has 0 fully saturated rings. The number of benzene rings is 1. The molecule has 65 valence electrons. The van der Waals surface area contributed by atoms with Crippen LogP contribution in [-0.2, 0) is 9.59 Å². The van der Waals surface area contributed by atoms with Gasteiger partial charge in [-0.15, -0.1) is 0 Å². The Morgan fingerprint density at radius 2 is 2.08 bits per heavy atom. The van der Waals surface area contributed by atoms with E-state index in [2.05, 4.69) is 10.6 Å². The number of carbonyl (C=O) groups is 2. The van der Waals surface area contributed by atoms with Crippen molar-refractivity contribution in [2.75, 3.05) is 5.32 Å². The summed E-state index contributed by atoms with van der Waals surface area (Å²) in [6, 6.07) is 5.36. The van der Waals surface area contributed by atoms with Crippen LogP contribution in [0.3, 0.4) is 0 Å². The summed E-state index contributed by atoms with van der Waals surface area (Å²) in [7, 11) is 0. The van der Waals surface area contributed by atoms with Gasteiger partial charge >= 0.3 is 11.8 Å². The molecule has 0 saturated carbocycles. The van der Waals surface area contributed by atoms with Gasteiger partial charge in [0.15, 0.2) is 0 Å². The van der Waals surface area contributed by atoms with E-state index in [4.69, 9.17) is 0 Å². The van der Waals surface area contributed by atoms with Crippen molar-refractivity contribution in [1.82, 2.24) is 5.32 Å². The van der Waals surface area contributed by atoms with Crippen molar-refractivity contribution in [2.45, 2.75) is 6.92 Å². The van der Waals surface area contributed by atoms with Gasteiger partial charge in [-0.2, -0.15) is 0 Å². The molecule has 0 atom stereocenters. The fourth-order valence-electron chi connectivity index (χ4n) is 1.24. The lowest BCUT2D eigenvalue weighted by Crippen LogP contribution is -2.33. The Balaban J connectivity index is 2.54.